The Morgan fingerprint density at radius 2 is 2.14 bits per heavy atom. The number of rotatable bonds is 4. The second kappa shape index (κ2) is 5.65. The minimum atomic E-state index is -0.281. The van der Waals surface area contributed by atoms with Crippen molar-refractivity contribution >= 4 is 29.0 Å². The van der Waals surface area contributed by atoms with Gasteiger partial charge in [0.25, 0.3) is 5.91 Å². The van der Waals surface area contributed by atoms with Gasteiger partial charge >= 0.3 is 0 Å². The van der Waals surface area contributed by atoms with Crippen LogP contribution in [-0.2, 0) is 0 Å². The smallest absolute Gasteiger partial charge is 0.259 e. The highest BCUT2D eigenvalue weighted by molar-refractivity contribution is 6.31. The van der Waals surface area contributed by atoms with Gasteiger partial charge in [0, 0.05) is 18.4 Å². The molecule has 1 amide bonds. The van der Waals surface area contributed by atoms with Crippen LogP contribution in [0.3, 0.4) is 0 Å². The molecule has 108 valence electrons. The molecule has 0 unspecified atom stereocenters. The molecule has 2 heterocycles. The third kappa shape index (κ3) is 3.28. The first-order chi connectivity index (χ1) is 10.1. The Bertz CT molecular complexity index is 687. The SMILES string of the molecule is Cc1ncncc1C(=O)Nc1cc(Cl)cnc1NC1CC1. The molecule has 1 aliphatic carbocycles. The highest BCUT2D eigenvalue weighted by Gasteiger charge is 2.23. The molecule has 1 fully saturated rings. The molecule has 6 nitrogen and oxygen atoms in total. The van der Waals surface area contributed by atoms with Crippen molar-refractivity contribution in [1.29, 1.82) is 0 Å². The lowest BCUT2D eigenvalue weighted by molar-refractivity contribution is 0.102. The second-order valence-corrected chi connectivity index (χ2v) is 5.38. The fourth-order valence-electron chi connectivity index (χ4n) is 1.87. The molecule has 2 aromatic heterocycles. The van der Waals surface area contributed by atoms with Crippen molar-refractivity contribution in [1.82, 2.24) is 15.0 Å². The van der Waals surface area contributed by atoms with Crippen LogP contribution in [0.25, 0.3) is 0 Å². The Labute approximate surface area is 127 Å². The van der Waals surface area contributed by atoms with Gasteiger partial charge in [0.2, 0.25) is 0 Å². The Morgan fingerprint density at radius 3 is 2.86 bits per heavy atom. The van der Waals surface area contributed by atoms with E-state index in [1.165, 1.54) is 12.5 Å². The van der Waals surface area contributed by atoms with Gasteiger partial charge in [-0.05, 0) is 25.8 Å². The highest BCUT2D eigenvalue weighted by Crippen LogP contribution is 2.29. The van der Waals surface area contributed by atoms with Crippen molar-refractivity contribution < 1.29 is 4.79 Å². The summed E-state index contributed by atoms with van der Waals surface area (Å²) >= 11 is 5.96. The van der Waals surface area contributed by atoms with E-state index in [0.717, 1.165) is 12.8 Å². The van der Waals surface area contributed by atoms with Crippen molar-refractivity contribution in [2.24, 2.45) is 0 Å². The highest BCUT2D eigenvalue weighted by atomic mass is 35.5. The lowest BCUT2D eigenvalue weighted by atomic mass is 10.2. The third-order valence-electron chi connectivity index (χ3n) is 3.18. The number of aryl methyl sites for hydroxylation is 1. The molecular weight excluding hydrogens is 290 g/mol. The van der Waals surface area contributed by atoms with Crippen LogP contribution in [0, 0.1) is 6.92 Å². The predicted octanol–water partition coefficient (Wildman–Crippen LogP) is 2.66. The van der Waals surface area contributed by atoms with Gasteiger partial charge in [-0.2, -0.15) is 0 Å². The molecule has 0 spiro atoms. The van der Waals surface area contributed by atoms with Crippen molar-refractivity contribution in [3.8, 4) is 0 Å². The van der Waals surface area contributed by atoms with Gasteiger partial charge in [-0.1, -0.05) is 11.6 Å². The van der Waals surface area contributed by atoms with E-state index in [1.54, 1.807) is 19.2 Å². The maximum atomic E-state index is 12.3. The molecule has 0 aromatic carbocycles. The first kappa shape index (κ1) is 13.8. The zero-order chi connectivity index (χ0) is 14.8. The standard InChI is InChI=1S/C14H14ClN5O/c1-8-11(6-16-7-18-8)14(21)20-12-4-9(15)5-17-13(12)19-10-2-3-10/h4-7,10H,2-3H2,1H3,(H,17,19)(H,20,21). The van der Waals surface area contributed by atoms with Crippen LogP contribution in [0.2, 0.25) is 5.02 Å². The molecular formula is C14H14ClN5O. The van der Waals surface area contributed by atoms with Crippen molar-refractivity contribution in [3.05, 3.63) is 41.1 Å². The molecule has 3 rings (SSSR count). The van der Waals surface area contributed by atoms with E-state index in [2.05, 4.69) is 25.6 Å². The zero-order valence-corrected chi connectivity index (χ0v) is 12.2. The largest absolute Gasteiger partial charge is 0.366 e. The van der Waals surface area contributed by atoms with E-state index in [-0.39, 0.29) is 5.91 Å². The van der Waals surface area contributed by atoms with Crippen molar-refractivity contribution in [2.75, 3.05) is 10.6 Å². The minimum absolute atomic E-state index is 0.281. The van der Waals surface area contributed by atoms with Crippen LogP contribution in [0.5, 0.6) is 0 Å². The van der Waals surface area contributed by atoms with Crippen LogP contribution >= 0.6 is 11.6 Å². The number of nitrogens with one attached hydrogen (secondary N) is 2. The van der Waals surface area contributed by atoms with Crippen LogP contribution in [0.4, 0.5) is 11.5 Å². The number of hydrogen-bond acceptors (Lipinski definition) is 5. The number of carbonyl (C=O) groups excluding carboxylic acids is 1. The fourth-order valence-corrected chi connectivity index (χ4v) is 2.03. The van der Waals surface area contributed by atoms with E-state index >= 15 is 0 Å². The topological polar surface area (TPSA) is 79.8 Å². The van der Waals surface area contributed by atoms with Crippen molar-refractivity contribution in [2.45, 2.75) is 25.8 Å². The van der Waals surface area contributed by atoms with Gasteiger partial charge in [-0.15, -0.1) is 0 Å². The van der Waals surface area contributed by atoms with Crippen LogP contribution in [0.1, 0.15) is 28.9 Å². The summed E-state index contributed by atoms with van der Waals surface area (Å²) in [6.45, 7) is 1.76. The van der Waals surface area contributed by atoms with Gasteiger partial charge in [0.05, 0.1) is 22.0 Å². The Balaban J connectivity index is 1.84. The van der Waals surface area contributed by atoms with Crippen molar-refractivity contribution in [3.63, 3.8) is 0 Å². The summed E-state index contributed by atoms with van der Waals surface area (Å²) in [4.78, 5) is 24.4. The Hall–Kier alpha value is -2.21. The van der Waals surface area contributed by atoms with E-state index in [0.29, 0.717) is 33.8 Å². The summed E-state index contributed by atoms with van der Waals surface area (Å²) in [6.07, 6.45) is 6.68. The van der Waals surface area contributed by atoms with Gasteiger partial charge in [-0.25, -0.2) is 15.0 Å². The molecule has 2 aromatic rings. The molecule has 0 atom stereocenters. The molecule has 0 saturated heterocycles. The van der Waals surface area contributed by atoms with E-state index in [1.807, 2.05) is 0 Å². The average molecular weight is 304 g/mol. The molecule has 0 aliphatic heterocycles. The van der Waals surface area contributed by atoms with Gasteiger partial charge in [0.1, 0.15) is 12.1 Å². The lowest BCUT2D eigenvalue weighted by Crippen LogP contribution is -2.16. The normalized spacial score (nSPS) is 13.8. The fraction of sp³-hybridized carbons (Fsp3) is 0.286. The number of anilines is 2. The van der Waals surface area contributed by atoms with Crippen LogP contribution < -0.4 is 10.6 Å². The molecule has 1 aliphatic rings. The minimum Gasteiger partial charge on any atom is -0.366 e. The number of halogens is 1. The Kier molecular flexibility index (Phi) is 3.70. The van der Waals surface area contributed by atoms with Gasteiger partial charge < -0.3 is 10.6 Å². The molecule has 21 heavy (non-hydrogen) atoms. The first-order valence-corrected chi connectivity index (χ1v) is 7.01. The lowest BCUT2D eigenvalue weighted by Gasteiger charge is -2.12. The quantitative estimate of drug-likeness (QED) is 0.907. The van der Waals surface area contributed by atoms with Crippen LogP contribution in [-0.4, -0.2) is 26.9 Å². The molecule has 7 heteroatoms. The number of pyridine rings is 1. The average Bonchev–Trinajstić information content (AvgIpc) is 3.26. The first-order valence-electron chi connectivity index (χ1n) is 6.63. The number of aromatic nitrogens is 3. The third-order valence-corrected chi connectivity index (χ3v) is 3.38. The summed E-state index contributed by atoms with van der Waals surface area (Å²) in [7, 11) is 0. The zero-order valence-electron chi connectivity index (χ0n) is 11.4. The van der Waals surface area contributed by atoms with E-state index in [9.17, 15) is 4.79 Å². The molecule has 0 bridgehead atoms. The molecule has 1 saturated carbocycles. The maximum Gasteiger partial charge on any atom is 0.259 e. The Morgan fingerprint density at radius 1 is 1.33 bits per heavy atom. The summed E-state index contributed by atoms with van der Waals surface area (Å²) in [5.41, 5.74) is 1.60. The number of nitrogens with zero attached hydrogens (tertiary/aromatic N) is 3. The number of hydrogen-bond donors (Lipinski definition) is 2. The number of carbonyl (C=O) groups is 1. The van der Waals surface area contributed by atoms with E-state index in [4.69, 9.17) is 11.6 Å². The van der Waals surface area contributed by atoms with Gasteiger partial charge in [0.15, 0.2) is 0 Å². The summed E-state index contributed by atoms with van der Waals surface area (Å²) in [5.74, 6) is 0.348. The molecule has 2 N–H and O–H groups in total. The summed E-state index contributed by atoms with van der Waals surface area (Å²) in [6, 6.07) is 2.10. The second-order valence-electron chi connectivity index (χ2n) is 4.94. The molecule has 0 radical (unpaired) electrons. The van der Waals surface area contributed by atoms with E-state index < -0.39 is 0 Å². The van der Waals surface area contributed by atoms with Gasteiger partial charge in [-0.3, -0.25) is 4.79 Å². The monoisotopic (exact) mass is 303 g/mol. The summed E-state index contributed by atoms with van der Waals surface area (Å²) < 4.78 is 0. The maximum absolute atomic E-state index is 12.3. The summed E-state index contributed by atoms with van der Waals surface area (Å²) in [5, 5.41) is 6.55. The predicted molar refractivity (Wildman–Crippen MR) is 80.6 cm³/mol. The number of amides is 1. The van der Waals surface area contributed by atoms with Crippen LogP contribution in [0.15, 0.2) is 24.8 Å².